The van der Waals surface area contributed by atoms with Crippen molar-refractivity contribution in [3.05, 3.63) is 35.9 Å². The average molecular weight is 285 g/mol. The van der Waals surface area contributed by atoms with Crippen LogP contribution in [0.1, 0.15) is 26.3 Å². The van der Waals surface area contributed by atoms with E-state index in [1.807, 2.05) is 32.0 Å². The van der Waals surface area contributed by atoms with E-state index in [4.69, 9.17) is 0 Å². The SMILES string of the molecule is CCNCCNC(=O)C(C)(C)Cc1ccccc1.Cl. The van der Waals surface area contributed by atoms with Crippen LogP contribution in [0.15, 0.2) is 30.3 Å². The predicted octanol–water partition coefficient (Wildman–Crippen LogP) is 2.40. The van der Waals surface area contributed by atoms with E-state index in [2.05, 4.69) is 29.7 Å². The van der Waals surface area contributed by atoms with Gasteiger partial charge in [0.25, 0.3) is 0 Å². The van der Waals surface area contributed by atoms with Crippen molar-refractivity contribution in [2.45, 2.75) is 27.2 Å². The van der Waals surface area contributed by atoms with Gasteiger partial charge in [-0.15, -0.1) is 12.4 Å². The van der Waals surface area contributed by atoms with Gasteiger partial charge in [-0.2, -0.15) is 0 Å². The quantitative estimate of drug-likeness (QED) is 0.755. The van der Waals surface area contributed by atoms with Crippen LogP contribution >= 0.6 is 12.4 Å². The Morgan fingerprint density at radius 1 is 1.16 bits per heavy atom. The van der Waals surface area contributed by atoms with Gasteiger partial charge in [0.2, 0.25) is 5.91 Å². The van der Waals surface area contributed by atoms with Crippen molar-refractivity contribution in [3.63, 3.8) is 0 Å². The van der Waals surface area contributed by atoms with Gasteiger partial charge in [0.15, 0.2) is 0 Å². The molecule has 0 saturated carbocycles. The molecule has 1 rings (SSSR count). The number of carbonyl (C=O) groups excluding carboxylic acids is 1. The largest absolute Gasteiger partial charge is 0.354 e. The molecule has 0 fully saturated rings. The topological polar surface area (TPSA) is 41.1 Å². The molecule has 1 aromatic carbocycles. The molecule has 4 heteroatoms. The maximum Gasteiger partial charge on any atom is 0.226 e. The number of benzene rings is 1. The van der Waals surface area contributed by atoms with Gasteiger partial charge in [0, 0.05) is 18.5 Å². The van der Waals surface area contributed by atoms with Crippen molar-refractivity contribution >= 4 is 18.3 Å². The molecule has 2 N–H and O–H groups in total. The van der Waals surface area contributed by atoms with Crippen LogP contribution in [-0.2, 0) is 11.2 Å². The number of carbonyl (C=O) groups is 1. The third-order valence-electron chi connectivity index (χ3n) is 2.94. The summed E-state index contributed by atoms with van der Waals surface area (Å²) >= 11 is 0. The summed E-state index contributed by atoms with van der Waals surface area (Å²) in [7, 11) is 0. The van der Waals surface area contributed by atoms with Crippen LogP contribution in [0, 0.1) is 5.41 Å². The Morgan fingerprint density at radius 2 is 1.79 bits per heavy atom. The zero-order chi connectivity index (χ0) is 13.4. The molecule has 0 aliphatic rings. The molecule has 0 aromatic heterocycles. The van der Waals surface area contributed by atoms with Crippen LogP contribution in [0.25, 0.3) is 0 Å². The van der Waals surface area contributed by atoms with Crippen LogP contribution in [0.3, 0.4) is 0 Å². The van der Waals surface area contributed by atoms with Crippen molar-refractivity contribution in [1.82, 2.24) is 10.6 Å². The van der Waals surface area contributed by atoms with Gasteiger partial charge in [-0.05, 0) is 18.5 Å². The molecular formula is C15H25ClN2O. The Labute approximate surface area is 122 Å². The van der Waals surface area contributed by atoms with Gasteiger partial charge in [-0.25, -0.2) is 0 Å². The maximum absolute atomic E-state index is 12.1. The van der Waals surface area contributed by atoms with Crippen molar-refractivity contribution in [1.29, 1.82) is 0 Å². The summed E-state index contributed by atoms with van der Waals surface area (Å²) in [6, 6.07) is 10.1. The van der Waals surface area contributed by atoms with E-state index in [9.17, 15) is 4.79 Å². The number of amides is 1. The number of hydrogen-bond donors (Lipinski definition) is 2. The molecular weight excluding hydrogens is 260 g/mol. The molecule has 19 heavy (non-hydrogen) atoms. The fourth-order valence-corrected chi connectivity index (χ4v) is 1.87. The van der Waals surface area contributed by atoms with Crippen LogP contribution in [0.4, 0.5) is 0 Å². The van der Waals surface area contributed by atoms with Gasteiger partial charge in [-0.1, -0.05) is 51.1 Å². The molecule has 0 bridgehead atoms. The highest BCUT2D eigenvalue weighted by molar-refractivity contribution is 5.85. The molecule has 1 aromatic rings. The second-order valence-electron chi connectivity index (χ2n) is 5.16. The van der Waals surface area contributed by atoms with Gasteiger partial charge in [-0.3, -0.25) is 4.79 Å². The first-order valence-electron chi connectivity index (χ1n) is 6.59. The first-order chi connectivity index (χ1) is 8.56. The normalized spacial score (nSPS) is 10.7. The molecule has 0 atom stereocenters. The van der Waals surface area contributed by atoms with Crippen LogP contribution in [0.5, 0.6) is 0 Å². The fourth-order valence-electron chi connectivity index (χ4n) is 1.87. The minimum absolute atomic E-state index is 0. The van der Waals surface area contributed by atoms with Gasteiger partial charge in [0.05, 0.1) is 0 Å². The number of rotatable bonds is 7. The van der Waals surface area contributed by atoms with E-state index in [-0.39, 0.29) is 23.7 Å². The second-order valence-corrected chi connectivity index (χ2v) is 5.16. The lowest BCUT2D eigenvalue weighted by Crippen LogP contribution is -2.41. The molecule has 0 aliphatic heterocycles. The van der Waals surface area contributed by atoms with Crippen LogP contribution in [0.2, 0.25) is 0 Å². The van der Waals surface area contributed by atoms with Crippen molar-refractivity contribution in [2.24, 2.45) is 5.41 Å². The molecule has 0 spiro atoms. The summed E-state index contributed by atoms with van der Waals surface area (Å²) in [5.41, 5.74) is 0.831. The number of nitrogens with one attached hydrogen (secondary N) is 2. The fraction of sp³-hybridized carbons (Fsp3) is 0.533. The minimum Gasteiger partial charge on any atom is -0.354 e. The molecule has 3 nitrogen and oxygen atoms in total. The zero-order valence-corrected chi connectivity index (χ0v) is 12.8. The molecule has 0 heterocycles. The lowest BCUT2D eigenvalue weighted by molar-refractivity contribution is -0.129. The number of likely N-dealkylation sites (N-methyl/N-ethyl adjacent to an activating group) is 1. The Balaban J connectivity index is 0.00000324. The van der Waals surface area contributed by atoms with Crippen LogP contribution in [-0.4, -0.2) is 25.5 Å². The zero-order valence-electron chi connectivity index (χ0n) is 12.0. The number of halogens is 1. The lowest BCUT2D eigenvalue weighted by atomic mass is 9.85. The molecule has 0 radical (unpaired) electrons. The third-order valence-corrected chi connectivity index (χ3v) is 2.94. The van der Waals surface area contributed by atoms with Crippen molar-refractivity contribution in [3.8, 4) is 0 Å². The van der Waals surface area contributed by atoms with Crippen molar-refractivity contribution in [2.75, 3.05) is 19.6 Å². The predicted molar refractivity (Wildman–Crippen MR) is 82.7 cm³/mol. The summed E-state index contributed by atoms with van der Waals surface area (Å²) in [5.74, 6) is 0.115. The van der Waals surface area contributed by atoms with Gasteiger partial charge >= 0.3 is 0 Å². The molecule has 108 valence electrons. The maximum atomic E-state index is 12.1. The first kappa shape index (κ1) is 17.9. The third kappa shape index (κ3) is 6.60. The Kier molecular flexibility index (Phi) is 8.44. The Morgan fingerprint density at radius 3 is 2.37 bits per heavy atom. The Hall–Kier alpha value is -1.06. The highest BCUT2D eigenvalue weighted by Crippen LogP contribution is 2.21. The molecule has 0 aliphatic carbocycles. The van der Waals surface area contributed by atoms with E-state index < -0.39 is 0 Å². The summed E-state index contributed by atoms with van der Waals surface area (Å²) in [4.78, 5) is 12.1. The van der Waals surface area contributed by atoms with Crippen molar-refractivity contribution < 1.29 is 4.79 Å². The highest BCUT2D eigenvalue weighted by atomic mass is 35.5. The summed E-state index contributed by atoms with van der Waals surface area (Å²) in [5, 5.41) is 6.17. The van der Waals surface area contributed by atoms with Crippen LogP contribution < -0.4 is 10.6 Å². The van der Waals surface area contributed by atoms with E-state index >= 15 is 0 Å². The summed E-state index contributed by atoms with van der Waals surface area (Å²) in [6.07, 6.45) is 0.765. The first-order valence-corrected chi connectivity index (χ1v) is 6.59. The molecule has 1 amide bonds. The Bertz CT molecular complexity index is 366. The standard InChI is InChI=1S/C15H24N2O.ClH/c1-4-16-10-11-17-14(18)15(2,3)12-13-8-6-5-7-9-13;/h5-9,16H,4,10-12H2,1-3H3,(H,17,18);1H. The summed E-state index contributed by atoms with van der Waals surface area (Å²) in [6.45, 7) is 8.48. The van der Waals surface area contributed by atoms with Gasteiger partial charge < -0.3 is 10.6 Å². The van der Waals surface area contributed by atoms with E-state index in [0.29, 0.717) is 6.54 Å². The lowest BCUT2D eigenvalue weighted by Gasteiger charge is -2.23. The molecule has 0 saturated heterocycles. The average Bonchev–Trinajstić information content (AvgIpc) is 2.35. The second kappa shape index (κ2) is 8.94. The highest BCUT2D eigenvalue weighted by Gasteiger charge is 2.27. The van der Waals surface area contributed by atoms with E-state index in [1.54, 1.807) is 0 Å². The molecule has 0 unspecified atom stereocenters. The number of hydrogen-bond acceptors (Lipinski definition) is 2. The summed E-state index contributed by atoms with van der Waals surface area (Å²) < 4.78 is 0. The smallest absolute Gasteiger partial charge is 0.226 e. The van der Waals surface area contributed by atoms with Gasteiger partial charge in [0.1, 0.15) is 0 Å². The van der Waals surface area contributed by atoms with E-state index in [1.165, 1.54) is 5.56 Å². The van der Waals surface area contributed by atoms with E-state index in [0.717, 1.165) is 19.5 Å². The monoisotopic (exact) mass is 284 g/mol. The minimum atomic E-state index is -0.367.